The van der Waals surface area contributed by atoms with Gasteiger partial charge in [-0.2, -0.15) is 11.8 Å². The van der Waals surface area contributed by atoms with Gasteiger partial charge in [-0.05, 0) is 51.2 Å². The van der Waals surface area contributed by atoms with E-state index in [9.17, 15) is 9.90 Å². The maximum atomic E-state index is 11.4. The van der Waals surface area contributed by atoms with Crippen molar-refractivity contribution in [2.45, 2.75) is 88.0 Å². The lowest BCUT2D eigenvalue weighted by atomic mass is 9.95. The predicted octanol–water partition coefficient (Wildman–Crippen LogP) is 3.82. The maximum Gasteiger partial charge on any atom is 0.323 e. The molecule has 0 saturated heterocycles. The van der Waals surface area contributed by atoms with Crippen molar-refractivity contribution in [1.82, 2.24) is 5.32 Å². The fourth-order valence-electron chi connectivity index (χ4n) is 2.98. The summed E-state index contributed by atoms with van der Waals surface area (Å²) in [5, 5.41) is 13.6. The van der Waals surface area contributed by atoms with Crippen LogP contribution in [0.5, 0.6) is 0 Å². The van der Waals surface area contributed by atoms with E-state index in [1.165, 1.54) is 37.9 Å². The van der Waals surface area contributed by atoms with Gasteiger partial charge in [0.25, 0.3) is 0 Å². The first kappa shape index (κ1) is 16.2. The van der Waals surface area contributed by atoms with Crippen LogP contribution in [0.4, 0.5) is 0 Å². The molecule has 20 heavy (non-hydrogen) atoms. The van der Waals surface area contributed by atoms with Gasteiger partial charge in [-0.1, -0.05) is 25.7 Å². The lowest BCUT2D eigenvalue weighted by molar-refractivity contribution is -0.144. The highest BCUT2D eigenvalue weighted by Gasteiger charge is 2.37. The van der Waals surface area contributed by atoms with Gasteiger partial charge in [-0.15, -0.1) is 0 Å². The van der Waals surface area contributed by atoms with E-state index in [0.29, 0.717) is 6.04 Å². The summed E-state index contributed by atoms with van der Waals surface area (Å²) in [5.41, 5.74) is -0.712. The average Bonchev–Trinajstić information content (AvgIpc) is 3.23. The molecule has 0 radical (unpaired) electrons. The van der Waals surface area contributed by atoms with E-state index in [2.05, 4.69) is 17.1 Å². The molecule has 0 aromatic rings. The van der Waals surface area contributed by atoms with Crippen molar-refractivity contribution < 1.29 is 9.90 Å². The van der Waals surface area contributed by atoms with E-state index in [4.69, 9.17) is 0 Å². The maximum absolute atomic E-state index is 11.4. The lowest BCUT2D eigenvalue weighted by Gasteiger charge is -2.26. The van der Waals surface area contributed by atoms with Gasteiger partial charge in [-0.25, -0.2) is 0 Å². The Labute approximate surface area is 127 Å². The molecule has 0 bridgehead atoms. The van der Waals surface area contributed by atoms with E-state index < -0.39 is 11.5 Å². The van der Waals surface area contributed by atoms with Crippen molar-refractivity contribution in [3.8, 4) is 0 Å². The van der Waals surface area contributed by atoms with Gasteiger partial charge in [0.15, 0.2) is 0 Å². The minimum atomic E-state index is -0.712. The number of carboxylic acid groups (broad SMARTS) is 1. The van der Waals surface area contributed by atoms with E-state index in [1.54, 1.807) is 0 Å². The van der Waals surface area contributed by atoms with Crippen molar-refractivity contribution >= 4 is 17.7 Å². The summed E-state index contributed by atoms with van der Waals surface area (Å²) < 4.78 is 0. The first-order chi connectivity index (χ1) is 9.60. The van der Waals surface area contributed by atoms with Gasteiger partial charge in [0.2, 0.25) is 0 Å². The monoisotopic (exact) mass is 299 g/mol. The average molecular weight is 299 g/mol. The van der Waals surface area contributed by atoms with Crippen molar-refractivity contribution in [2.75, 3.05) is 5.75 Å². The number of aliphatic carboxylic acids is 1. The molecular formula is C16H29NO2S. The van der Waals surface area contributed by atoms with Crippen LogP contribution < -0.4 is 5.32 Å². The van der Waals surface area contributed by atoms with Crippen molar-refractivity contribution in [2.24, 2.45) is 0 Å². The minimum absolute atomic E-state index is 0.452. The highest BCUT2D eigenvalue weighted by molar-refractivity contribution is 7.99. The molecule has 2 aliphatic rings. The molecule has 116 valence electrons. The van der Waals surface area contributed by atoms with Crippen molar-refractivity contribution in [1.29, 1.82) is 0 Å². The molecule has 0 aliphatic heterocycles. The fraction of sp³-hybridized carbons (Fsp3) is 0.938. The smallest absolute Gasteiger partial charge is 0.323 e. The zero-order valence-electron chi connectivity index (χ0n) is 12.7. The molecule has 0 amide bonds. The van der Waals surface area contributed by atoms with Crippen LogP contribution in [-0.4, -0.2) is 33.7 Å². The number of nitrogens with one attached hydrogen (secondary N) is 1. The molecule has 3 nitrogen and oxygen atoms in total. The lowest BCUT2D eigenvalue weighted by Crippen LogP contribution is -2.50. The van der Waals surface area contributed by atoms with Gasteiger partial charge >= 0.3 is 5.97 Å². The molecule has 2 aliphatic carbocycles. The fourth-order valence-corrected chi connectivity index (χ4v) is 4.35. The zero-order chi connectivity index (χ0) is 14.4. The van der Waals surface area contributed by atoms with Gasteiger partial charge in [0.05, 0.1) is 0 Å². The number of hydrogen-bond acceptors (Lipinski definition) is 3. The summed E-state index contributed by atoms with van der Waals surface area (Å²) >= 11 is 2.11. The number of rotatable bonds is 9. The first-order valence-electron chi connectivity index (χ1n) is 8.23. The summed E-state index contributed by atoms with van der Waals surface area (Å²) in [6.07, 6.45) is 12.2. The Hall–Kier alpha value is -0.220. The summed E-state index contributed by atoms with van der Waals surface area (Å²) in [7, 11) is 0. The Balaban J connectivity index is 1.59. The second-order valence-electron chi connectivity index (χ2n) is 6.64. The quantitative estimate of drug-likeness (QED) is 0.636. The highest BCUT2D eigenvalue weighted by Crippen LogP contribution is 2.29. The molecule has 2 rings (SSSR count). The van der Waals surface area contributed by atoms with Crippen LogP contribution in [0.15, 0.2) is 0 Å². The van der Waals surface area contributed by atoms with Crippen LogP contribution in [0.3, 0.4) is 0 Å². The van der Waals surface area contributed by atoms with E-state index in [0.717, 1.165) is 37.4 Å². The predicted molar refractivity (Wildman–Crippen MR) is 85.4 cm³/mol. The van der Waals surface area contributed by atoms with E-state index in [-0.39, 0.29) is 0 Å². The number of unbranched alkanes of at least 4 members (excludes halogenated alkanes) is 1. The third-order valence-electron chi connectivity index (χ3n) is 4.55. The van der Waals surface area contributed by atoms with Gasteiger partial charge in [0.1, 0.15) is 5.54 Å². The molecule has 0 aromatic heterocycles. The summed E-state index contributed by atoms with van der Waals surface area (Å²) in [5.74, 6) is 0.508. The summed E-state index contributed by atoms with van der Waals surface area (Å²) in [6, 6.07) is 0.452. The molecule has 4 heteroatoms. The number of carboxylic acids is 1. The Morgan fingerprint density at radius 1 is 1.20 bits per heavy atom. The molecule has 2 fully saturated rings. The highest BCUT2D eigenvalue weighted by atomic mass is 32.2. The van der Waals surface area contributed by atoms with Crippen LogP contribution in [-0.2, 0) is 4.79 Å². The largest absolute Gasteiger partial charge is 0.480 e. The Kier molecular flexibility index (Phi) is 6.21. The second kappa shape index (κ2) is 7.69. The third kappa shape index (κ3) is 5.28. The molecule has 0 heterocycles. The van der Waals surface area contributed by atoms with E-state index >= 15 is 0 Å². The van der Waals surface area contributed by atoms with Crippen LogP contribution in [0.25, 0.3) is 0 Å². The molecule has 0 spiro atoms. The summed E-state index contributed by atoms with van der Waals surface area (Å²) in [6.45, 7) is 1.85. The first-order valence-corrected chi connectivity index (χ1v) is 9.28. The Morgan fingerprint density at radius 3 is 2.50 bits per heavy atom. The van der Waals surface area contributed by atoms with Crippen LogP contribution >= 0.6 is 11.8 Å². The number of thioether (sulfide) groups is 1. The van der Waals surface area contributed by atoms with Crippen LogP contribution in [0.2, 0.25) is 0 Å². The van der Waals surface area contributed by atoms with Crippen molar-refractivity contribution in [3.05, 3.63) is 0 Å². The zero-order valence-corrected chi connectivity index (χ0v) is 13.5. The third-order valence-corrected chi connectivity index (χ3v) is 6.02. The van der Waals surface area contributed by atoms with Gasteiger partial charge in [-0.3, -0.25) is 10.1 Å². The Morgan fingerprint density at radius 2 is 1.90 bits per heavy atom. The molecule has 1 atom stereocenters. The topological polar surface area (TPSA) is 49.3 Å². The van der Waals surface area contributed by atoms with Gasteiger partial charge in [0, 0.05) is 11.3 Å². The number of carbonyl (C=O) groups is 1. The van der Waals surface area contributed by atoms with E-state index in [1.807, 2.05) is 6.92 Å². The molecular weight excluding hydrogens is 270 g/mol. The SMILES string of the molecule is CC(CCCCSC1CCCCC1)(NC1CC1)C(=O)O. The minimum Gasteiger partial charge on any atom is -0.480 e. The number of hydrogen-bond donors (Lipinski definition) is 2. The summed E-state index contributed by atoms with van der Waals surface area (Å²) in [4.78, 5) is 11.4. The normalized spacial score (nSPS) is 23.4. The molecule has 2 saturated carbocycles. The standard InChI is InChI=1S/C16H29NO2S/c1-16(15(18)19,17-13-9-10-13)11-5-6-12-20-14-7-3-2-4-8-14/h13-14,17H,2-12H2,1H3,(H,18,19). The molecule has 2 N–H and O–H groups in total. The molecule has 0 aromatic carbocycles. The Bertz CT molecular complexity index is 314. The van der Waals surface area contributed by atoms with Crippen LogP contribution in [0.1, 0.15) is 71.1 Å². The molecule has 1 unspecified atom stereocenters. The van der Waals surface area contributed by atoms with Crippen LogP contribution in [0, 0.1) is 0 Å². The van der Waals surface area contributed by atoms with Gasteiger partial charge < -0.3 is 5.11 Å². The second-order valence-corrected chi connectivity index (χ2v) is 8.05. The van der Waals surface area contributed by atoms with Crippen molar-refractivity contribution in [3.63, 3.8) is 0 Å².